The predicted octanol–water partition coefficient (Wildman–Crippen LogP) is 3.74. The lowest BCUT2D eigenvalue weighted by Gasteiger charge is -2.15. The van der Waals surface area contributed by atoms with Crippen LogP contribution in [0.3, 0.4) is 0 Å². The van der Waals surface area contributed by atoms with Gasteiger partial charge in [0.1, 0.15) is 11.6 Å². The zero-order chi connectivity index (χ0) is 15.2. The maximum absolute atomic E-state index is 12.9. The fraction of sp³-hybridized carbons (Fsp3) is 0.188. The zero-order valence-corrected chi connectivity index (χ0v) is 12.2. The van der Waals surface area contributed by atoms with E-state index in [0.717, 1.165) is 11.6 Å². The molecule has 0 aliphatic rings. The summed E-state index contributed by atoms with van der Waals surface area (Å²) in [6.45, 7) is 1.71. The highest BCUT2D eigenvalue weighted by Gasteiger charge is 2.11. The van der Waals surface area contributed by atoms with Crippen molar-refractivity contribution in [1.82, 2.24) is 5.32 Å². The summed E-state index contributed by atoms with van der Waals surface area (Å²) in [4.78, 5) is 11.8. The van der Waals surface area contributed by atoms with E-state index in [-0.39, 0.29) is 29.3 Å². The molecule has 5 heteroatoms. The molecule has 1 amide bonds. The maximum atomic E-state index is 12.9. The third-order valence-electron chi connectivity index (χ3n) is 2.93. The van der Waals surface area contributed by atoms with Crippen LogP contribution in [0.2, 0.25) is 5.02 Å². The summed E-state index contributed by atoms with van der Waals surface area (Å²) in [5.74, 6) is -0.443. The minimum absolute atomic E-state index is 0.119. The van der Waals surface area contributed by atoms with Gasteiger partial charge >= 0.3 is 0 Å². The number of halogens is 2. The molecule has 2 aromatic rings. The Morgan fingerprint density at radius 2 is 2.00 bits per heavy atom. The Kier molecular flexibility index (Phi) is 5.17. The number of benzene rings is 2. The van der Waals surface area contributed by atoms with E-state index in [9.17, 15) is 9.18 Å². The van der Waals surface area contributed by atoms with Gasteiger partial charge in [0.05, 0.1) is 11.1 Å². The van der Waals surface area contributed by atoms with Crippen LogP contribution in [0.4, 0.5) is 4.39 Å². The summed E-state index contributed by atoms with van der Waals surface area (Å²) >= 11 is 5.82. The molecule has 0 spiro atoms. The lowest BCUT2D eigenvalue weighted by Crippen LogP contribution is -2.31. The first-order valence-electron chi connectivity index (χ1n) is 6.48. The van der Waals surface area contributed by atoms with Crippen LogP contribution in [0, 0.1) is 5.82 Å². The van der Waals surface area contributed by atoms with Crippen LogP contribution in [-0.4, -0.2) is 12.5 Å². The van der Waals surface area contributed by atoms with Gasteiger partial charge in [-0.25, -0.2) is 4.39 Å². The summed E-state index contributed by atoms with van der Waals surface area (Å²) in [6, 6.07) is 13.2. The fourth-order valence-corrected chi connectivity index (χ4v) is 2.07. The van der Waals surface area contributed by atoms with Gasteiger partial charge in [0.25, 0.3) is 5.91 Å². The molecular weight excluding hydrogens is 293 g/mol. The van der Waals surface area contributed by atoms with E-state index in [1.54, 1.807) is 0 Å². The van der Waals surface area contributed by atoms with Crippen molar-refractivity contribution in [2.75, 3.05) is 6.61 Å². The van der Waals surface area contributed by atoms with Gasteiger partial charge in [0, 0.05) is 0 Å². The number of rotatable bonds is 5. The van der Waals surface area contributed by atoms with Gasteiger partial charge in [-0.3, -0.25) is 4.79 Å². The summed E-state index contributed by atoms with van der Waals surface area (Å²) in [5.41, 5.74) is 1.01. The number of nitrogens with one attached hydrogen (secondary N) is 1. The number of ether oxygens (including phenoxy) is 1. The molecule has 2 aromatic carbocycles. The highest BCUT2D eigenvalue weighted by atomic mass is 35.5. The molecule has 1 N–H and O–H groups in total. The van der Waals surface area contributed by atoms with E-state index < -0.39 is 5.82 Å². The molecule has 0 fully saturated rings. The van der Waals surface area contributed by atoms with Crippen molar-refractivity contribution in [2.24, 2.45) is 0 Å². The van der Waals surface area contributed by atoms with Crippen molar-refractivity contribution in [3.63, 3.8) is 0 Å². The summed E-state index contributed by atoms with van der Waals surface area (Å²) in [6.07, 6.45) is 0. The Morgan fingerprint density at radius 3 is 2.67 bits per heavy atom. The predicted molar refractivity (Wildman–Crippen MR) is 79.9 cm³/mol. The van der Waals surface area contributed by atoms with Gasteiger partial charge in [-0.2, -0.15) is 0 Å². The highest BCUT2D eigenvalue weighted by molar-refractivity contribution is 6.32. The Balaban J connectivity index is 1.87. The molecule has 3 nitrogen and oxygen atoms in total. The molecule has 0 radical (unpaired) electrons. The molecule has 0 saturated carbocycles. The number of hydrogen-bond acceptors (Lipinski definition) is 2. The van der Waals surface area contributed by atoms with Crippen LogP contribution >= 0.6 is 11.6 Å². The average molecular weight is 308 g/mol. The molecule has 0 saturated heterocycles. The van der Waals surface area contributed by atoms with E-state index in [2.05, 4.69) is 5.32 Å². The van der Waals surface area contributed by atoms with Crippen molar-refractivity contribution in [3.8, 4) is 5.75 Å². The topological polar surface area (TPSA) is 38.3 Å². The lowest BCUT2D eigenvalue weighted by molar-refractivity contribution is -0.123. The first kappa shape index (κ1) is 15.3. The fourth-order valence-electron chi connectivity index (χ4n) is 1.84. The summed E-state index contributed by atoms with van der Waals surface area (Å²) < 4.78 is 18.2. The molecular formula is C16H15ClFNO2. The monoisotopic (exact) mass is 307 g/mol. The Hall–Kier alpha value is -2.07. The van der Waals surface area contributed by atoms with E-state index in [1.807, 2.05) is 37.3 Å². The Labute approximate surface area is 127 Å². The molecule has 0 unspecified atom stereocenters. The third-order valence-corrected chi connectivity index (χ3v) is 3.23. The SMILES string of the molecule is C[C@@H](NC(=O)COc1ccc(F)cc1Cl)c1ccccc1. The van der Waals surface area contributed by atoms with Gasteiger partial charge in [0.15, 0.2) is 6.61 Å². The summed E-state index contributed by atoms with van der Waals surface area (Å²) in [7, 11) is 0. The second kappa shape index (κ2) is 7.09. The second-order valence-electron chi connectivity index (χ2n) is 4.56. The van der Waals surface area contributed by atoms with Crippen LogP contribution in [0.1, 0.15) is 18.5 Å². The van der Waals surface area contributed by atoms with Crippen molar-refractivity contribution in [3.05, 3.63) is 64.9 Å². The van der Waals surface area contributed by atoms with Gasteiger partial charge in [-0.15, -0.1) is 0 Å². The lowest BCUT2D eigenvalue weighted by atomic mass is 10.1. The standard InChI is InChI=1S/C16H15ClFNO2/c1-11(12-5-3-2-4-6-12)19-16(20)10-21-15-8-7-13(18)9-14(15)17/h2-9,11H,10H2,1H3,(H,19,20)/t11-/m1/s1. The van der Waals surface area contributed by atoms with Gasteiger partial charge in [-0.05, 0) is 30.7 Å². The number of carbonyl (C=O) groups excluding carboxylic acids is 1. The van der Waals surface area contributed by atoms with E-state index in [1.165, 1.54) is 12.1 Å². The van der Waals surface area contributed by atoms with E-state index in [0.29, 0.717) is 0 Å². The number of hydrogen-bond donors (Lipinski definition) is 1. The van der Waals surface area contributed by atoms with Crippen LogP contribution in [0.15, 0.2) is 48.5 Å². The van der Waals surface area contributed by atoms with Crippen LogP contribution in [0.25, 0.3) is 0 Å². The smallest absolute Gasteiger partial charge is 0.258 e. The van der Waals surface area contributed by atoms with Crippen LogP contribution < -0.4 is 10.1 Å². The number of amides is 1. The summed E-state index contributed by atoms with van der Waals surface area (Å²) in [5, 5.41) is 2.95. The molecule has 0 aliphatic carbocycles. The first-order valence-corrected chi connectivity index (χ1v) is 6.86. The molecule has 0 aromatic heterocycles. The molecule has 1 atom stereocenters. The third kappa shape index (κ3) is 4.46. The van der Waals surface area contributed by atoms with Crippen molar-refractivity contribution >= 4 is 17.5 Å². The Morgan fingerprint density at radius 1 is 1.29 bits per heavy atom. The molecule has 110 valence electrons. The molecule has 2 rings (SSSR count). The molecule has 0 heterocycles. The van der Waals surface area contributed by atoms with Crippen molar-refractivity contribution in [2.45, 2.75) is 13.0 Å². The van der Waals surface area contributed by atoms with Gasteiger partial charge < -0.3 is 10.1 Å². The van der Waals surface area contributed by atoms with E-state index in [4.69, 9.17) is 16.3 Å². The van der Waals surface area contributed by atoms with Crippen LogP contribution in [-0.2, 0) is 4.79 Å². The van der Waals surface area contributed by atoms with Crippen molar-refractivity contribution < 1.29 is 13.9 Å². The van der Waals surface area contributed by atoms with Crippen molar-refractivity contribution in [1.29, 1.82) is 0 Å². The molecule has 21 heavy (non-hydrogen) atoms. The molecule has 0 bridgehead atoms. The first-order chi connectivity index (χ1) is 10.1. The average Bonchev–Trinajstić information content (AvgIpc) is 2.47. The zero-order valence-electron chi connectivity index (χ0n) is 11.5. The minimum Gasteiger partial charge on any atom is -0.482 e. The minimum atomic E-state index is -0.450. The number of carbonyl (C=O) groups is 1. The van der Waals surface area contributed by atoms with E-state index >= 15 is 0 Å². The largest absolute Gasteiger partial charge is 0.482 e. The quantitative estimate of drug-likeness (QED) is 0.914. The van der Waals surface area contributed by atoms with Gasteiger partial charge in [0.2, 0.25) is 0 Å². The Bertz CT molecular complexity index is 619. The highest BCUT2D eigenvalue weighted by Crippen LogP contribution is 2.24. The van der Waals surface area contributed by atoms with Gasteiger partial charge in [-0.1, -0.05) is 41.9 Å². The normalized spacial score (nSPS) is 11.8. The molecule has 0 aliphatic heterocycles. The van der Waals surface area contributed by atoms with Crippen LogP contribution in [0.5, 0.6) is 5.75 Å². The second-order valence-corrected chi connectivity index (χ2v) is 4.97. The maximum Gasteiger partial charge on any atom is 0.258 e.